The van der Waals surface area contributed by atoms with Crippen LogP contribution in [0.1, 0.15) is 53.0 Å². The van der Waals surface area contributed by atoms with Gasteiger partial charge in [-0.2, -0.15) is 0 Å². The molecule has 0 unspecified atom stereocenters. The van der Waals surface area contributed by atoms with Crippen LogP contribution in [-0.2, 0) is 14.3 Å². The van der Waals surface area contributed by atoms with Crippen LogP contribution < -0.4 is 0 Å². The maximum atomic E-state index is 12.6. The lowest BCUT2D eigenvalue weighted by atomic mass is 9.83. The third kappa shape index (κ3) is 8.01. The maximum Gasteiger partial charge on any atom is 0.310 e. The predicted molar refractivity (Wildman–Crippen MR) is 100 cm³/mol. The average molecular weight is 346 g/mol. The van der Waals surface area contributed by atoms with E-state index in [9.17, 15) is 14.7 Å². The molecule has 0 saturated carbocycles. The maximum absolute atomic E-state index is 12.6. The van der Waals surface area contributed by atoms with E-state index < -0.39 is 29.4 Å². The molecule has 0 heterocycles. The summed E-state index contributed by atoms with van der Waals surface area (Å²) in [7, 11) is 0. The van der Waals surface area contributed by atoms with Crippen LogP contribution in [-0.4, -0.2) is 22.6 Å². The fourth-order valence-corrected chi connectivity index (χ4v) is 2.66. The smallest absolute Gasteiger partial charge is 0.310 e. The molecule has 1 aromatic rings. The first kappa shape index (κ1) is 20.9. The van der Waals surface area contributed by atoms with E-state index in [0.29, 0.717) is 12.8 Å². The minimum atomic E-state index is -0.947. The van der Waals surface area contributed by atoms with Gasteiger partial charge in [-0.15, -0.1) is 0 Å². The molecule has 4 nitrogen and oxygen atoms in total. The quantitative estimate of drug-likeness (QED) is 0.687. The molecule has 0 bridgehead atoms. The largest absolute Gasteiger partial charge is 0.481 e. The summed E-state index contributed by atoms with van der Waals surface area (Å²) in [5.41, 5.74) is 0.375. The number of esters is 1. The van der Waals surface area contributed by atoms with Gasteiger partial charge in [-0.05, 0) is 45.1 Å². The molecule has 0 aromatic heterocycles. The highest BCUT2D eigenvalue weighted by Gasteiger charge is 2.36. The summed E-state index contributed by atoms with van der Waals surface area (Å²) in [6.45, 7) is 9.30. The fraction of sp³-hybridized carbons (Fsp3) is 0.524. The highest BCUT2D eigenvalue weighted by molar-refractivity contribution is 5.81. The molecule has 2 atom stereocenters. The second kappa shape index (κ2) is 9.40. The number of carbonyl (C=O) groups excluding carboxylic acids is 1. The first-order chi connectivity index (χ1) is 11.6. The predicted octanol–water partition coefficient (Wildman–Crippen LogP) is 4.79. The first-order valence-corrected chi connectivity index (χ1v) is 8.77. The molecular formula is C21H30O4. The SMILES string of the molecule is CC(C)C[C@H](C(=O)O)[C@H](CC=Cc1ccccc1)C(=O)OC(C)(C)C. The Balaban J connectivity index is 2.98. The summed E-state index contributed by atoms with van der Waals surface area (Å²) in [6, 6.07) is 9.72. The Kier molecular flexibility index (Phi) is 7.88. The van der Waals surface area contributed by atoms with Gasteiger partial charge in [0.25, 0.3) is 0 Å². The highest BCUT2D eigenvalue weighted by atomic mass is 16.6. The zero-order valence-corrected chi connectivity index (χ0v) is 15.9. The number of carboxylic acids is 1. The molecule has 0 fully saturated rings. The Morgan fingerprint density at radius 1 is 1.12 bits per heavy atom. The molecule has 0 spiro atoms. The fourth-order valence-electron chi connectivity index (χ4n) is 2.66. The number of carboxylic acid groups (broad SMARTS) is 1. The van der Waals surface area contributed by atoms with E-state index in [-0.39, 0.29) is 5.92 Å². The Morgan fingerprint density at radius 2 is 1.72 bits per heavy atom. The molecule has 1 rings (SSSR count). The van der Waals surface area contributed by atoms with E-state index >= 15 is 0 Å². The van der Waals surface area contributed by atoms with Gasteiger partial charge in [-0.1, -0.05) is 56.3 Å². The Labute approximate surface area is 150 Å². The molecule has 138 valence electrons. The van der Waals surface area contributed by atoms with Crippen molar-refractivity contribution in [1.29, 1.82) is 0 Å². The van der Waals surface area contributed by atoms with Crippen LogP contribution in [0.25, 0.3) is 6.08 Å². The van der Waals surface area contributed by atoms with Gasteiger partial charge in [-0.25, -0.2) is 0 Å². The van der Waals surface area contributed by atoms with Gasteiger partial charge in [0, 0.05) is 0 Å². The lowest BCUT2D eigenvalue weighted by Gasteiger charge is -2.27. The number of aliphatic carboxylic acids is 1. The van der Waals surface area contributed by atoms with Crippen molar-refractivity contribution >= 4 is 18.0 Å². The first-order valence-electron chi connectivity index (χ1n) is 8.77. The van der Waals surface area contributed by atoms with E-state index in [1.54, 1.807) is 20.8 Å². The number of hydrogen-bond acceptors (Lipinski definition) is 3. The van der Waals surface area contributed by atoms with Crippen molar-refractivity contribution in [2.75, 3.05) is 0 Å². The van der Waals surface area contributed by atoms with Crippen molar-refractivity contribution < 1.29 is 19.4 Å². The summed E-state index contributed by atoms with van der Waals surface area (Å²) in [5, 5.41) is 9.62. The van der Waals surface area contributed by atoms with Crippen molar-refractivity contribution in [1.82, 2.24) is 0 Å². The summed E-state index contributed by atoms with van der Waals surface area (Å²) >= 11 is 0. The number of rotatable bonds is 8. The van der Waals surface area contributed by atoms with Crippen LogP contribution in [0, 0.1) is 17.8 Å². The van der Waals surface area contributed by atoms with Crippen LogP contribution >= 0.6 is 0 Å². The molecule has 0 aliphatic rings. The van der Waals surface area contributed by atoms with E-state index in [4.69, 9.17) is 4.74 Å². The Bertz CT molecular complexity index is 582. The van der Waals surface area contributed by atoms with Gasteiger partial charge in [0.05, 0.1) is 11.8 Å². The van der Waals surface area contributed by atoms with Gasteiger partial charge in [0.1, 0.15) is 5.60 Å². The lowest BCUT2D eigenvalue weighted by molar-refractivity contribution is -0.167. The van der Waals surface area contributed by atoms with Crippen LogP contribution in [0.15, 0.2) is 36.4 Å². The molecule has 0 saturated heterocycles. The van der Waals surface area contributed by atoms with E-state index in [1.165, 1.54) is 0 Å². The van der Waals surface area contributed by atoms with Crippen LogP contribution in [0.4, 0.5) is 0 Å². The standard InChI is InChI=1S/C21H30O4/c1-15(2)14-18(19(22)23)17(20(24)25-21(3,4)5)13-9-12-16-10-7-6-8-11-16/h6-12,15,17-18H,13-14H2,1-5H3,(H,22,23)/t17-,18-/m0/s1. The van der Waals surface area contributed by atoms with Gasteiger partial charge in [0.2, 0.25) is 0 Å². The molecule has 1 aromatic carbocycles. The monoisotopic (exact) mass is 346 g/mol. The van der Waals surface area contributed by atoms with Crippen molar-refractivity contribution in [2.24, 2.45) is 17.8 Å². The lowest BCUT2D eigenvalue weighted by Crippen LogP contribution is -2.36. The van der Waals surface area contributed by atoms with Crippen molar-refractivity contribution in [3.8, 4) is 0 Å². The number of carbonyl (C=O) groups is 2. The topological polar surface area (TPSA) is 63.6 Å². The van der Waals surface area contributed by atoms with Crippen molar-refractivity contribution in [3.63, 3.8) is 0 Å². The van der Waals surface area contributed by atoms with E-state index in [0.717, 1.165) is 5.56 Å². The molecule has 0 aliphatic carbocycles. The minimum Gasteiger partial charge on any atom is -0.481 e. The second-order valence-electron chi connectivity index (χ2n) is 7.76. The zero-order chi connectivity index (χ0) is 19.0. The number of hydrogen-bond donors (Lipinski definition) is 1. The zero-order valence-electron chi connectivity index (χ0n) is 15.9. The number of benzene rings is 1. The second-order valence-corrected chi connectivity index (χ2v) is 7.76. The Morgan fingerprint density at radius 3 is 2.20 bits per heavy atom. The molecule has 1 N–H and O–H groups in total. The van der Waals surface area contributed by atoms with Crippen molar-refractivity contribution in [3.05, 3.63) is 42.0 Å². The molecular weight excluding hydrogens is 316 g/mol. The van der Waals surface area contributed by atoms with Crippen LogP contribution in [0.3, 0.4) is 0 Å². The van der Waals surface area contributed by atoms with Crippen LogP contribution in [0.5, 0.6) is 0 Å². The Hall–Kier alpha value is -2.10. The molecule has 25 heavy (non-hydrogen) atoms. The molecule has 4 heteroatoms. The molecule has 0 radical (unpaired) electrons. The highest BCUT2D eigenvalue weighted by Crippen LogP contribution is 2.27. The number of allylic oxidation sites excluding steroid dienone is 1. The normalized spacial score (nSPS) is 14.5. The van der Waals surface area contributed by atoms with Gasteiger partial charge < -0.3 is 9.84 Å². The van der Waals surface area contributed by atoms with E-state index in [2.05, 4.69) is 0 Å². The third-order valence-corrected chi connectivity index (χ3v) is 3.74. The molecule has 0 amide bonds. The molecule has 0 aliphatic heterocycles. The summed E-state index contributed by atoms with van der Waals surface area (Å²) in [4.78, 5) is 24.4. The third-order valence-electron chi connectivity index (χ3n) is 3.74. The minimum absolute atomic E-state index is 0.184. The van der Waals surface area contributed by atoms with Crippen molar-refractivity contribution in [2.45, 2.75) is 53.1 Å². The summed E-state index contributed by atoms with van der Waals surface area (Å²) < 4.78 is 5.48. The van der Waals surface area contributed by atoms with Gasteiger partial charge in [0.15, 0.2) is 0 Å². The van der Waals surface area contributed by atoms with Crippen LogP contribution in [0.2, 0.25) is 0 Å². The number of ether oxygens (including phenoxy) is 1. The van der Waals surface area contributed by atoms with Gasteiger partial charge >= 0.3 is 11.9 Å². The summed E-state index contributed by atoms with van der Waals surface area (Å²) in [6.07, 6.45) is 4.55. The average Bonchev–Trinajstić information content (AvgIpc) is 2.48. The van der Waals surface area contributed by atoms with Gasteiger partial charge in [-0.3, -0.25) is 9.59 Å². The van der Waals surface area contributed by atoms with E-state index in [1.807, 2.05) is 56.3 Å². The summed E-state index contributed by atoms with van der Waals surface area (Å²) in [5.74, 6) is -2.66.